The van der Waals surface area contributed by atoms with Crippen molar-refractivity contribution in [2.75, 3.05) is 0 Å². The Labute approximate surface area is 123 Å². The number of aromatic amines is 1. The molecular formula is C15H9F3N2S. The van der Waals surface area contributed by atoms with Crippen molar-refractivity contribution in [3.05, 3.63) is 58.7 Å². The molecule has 0 bridgehead atoms. The molecule has 0 unspecified atom stereocenters. The van der Waals surface area contributed by atoms with Crippen molar-refractivity contribution >= 4 is 23.1 Å². The van der Waals surface area contributed by atoms with Gasteiger partial charge in [-0.1, -0.05) is 48.6 Å². The molecule has 106 valence electrons. The molecule has 0 spiro atoms. The van der Waals surface area contributed by atoms with Gasteiger partial charge in [0.15, 0.2) is 0 Å². The summed E-state index contributed by atoms with van der Waals surface area (Å²) in [6.45, 7) is 0. The third kappa shape index (κ3) is 2.54. The molecule has 0 aliphatic heterocycles. The Hall–Kier alpha value is -2.21. The summed E-state index contributed by atoms with van der Waals surface area (Å²) in [6.07, 6.45) is -4.45. The van der Waals surface area contributed by atoms with Gasteiger partial charge in [0.1, 0.15) is 10.5 Å². The van der Waals surface area contributed by atoms with Crippen molar-refractivity contribution in [2.24, 2.45) is 0 Å². The van der Waals surface area contributed by atoms with Crippen LogP contribution in [0.3, 0.4) is 0 Å². The van der Waals surface area contributed by atoms with E-state index in [2.05, 4.69) is 9.97 Å². The largest absolute Gasteiger partial charge is 0.418 e. The van der Waals surface area contributed by atoms with Crippen LogP contribution in [0.15, 0.2) is 48.5 Å². The first kappa shape index (κ1) is 13.8. The maximum Gasteiger partial charge on any atom is 0.418 e. The highest BCUT2D eigenvalue weighted by atomic mass is 32.1. The van der Waals surface area contributed by atoms with Gasteiger partial charge < -0.3 is 4.98 Å². The fraction of sp³-hybridized carbons (Fsp3) is 0.0667. The number of H-pyrrole nitrogens is 1. The van der Waals surface area contributed by atoms with Crippen LogP contribution >= 0.6 is 12.2 Å². The molecule has 1 heterocycles. The van der Waals surface area contributed by atoms with Crippen LogP contribution in [-0.2, 0) is 6.18 Å². The lowest BCUT2D eigenvalue weighted by molar-refractivity contribution is -0.136. The Morgan fingerprint density at radius 3 is 2.33 bits per heavy atom. The molecule has 1 N–H and O–H groups in total. The van der Waals surface area contributed by atoms with Gasteiger partial charge in [-0.15, -0.1) is 0 Å². The van der Waals surface area contributed by atoms with Crippen LogP contribution in [0.2, 0.25) is 0 Å². The van der Waals surface area contributed by atoms with E-state index in [1.807, 2.05) is 6.07 Å². The maximum atomic E-state index is 13.1. The van der Waals surface area contributed by atoms with E-state index in [-0.39, 0.29) is 10.2 Å². The molecule has 1 aromatic heterocycles. The van der Waals surface area contributed by atoms with E-state index in [0.29, 0.717) is 16.8 Å². The van der Waals surface area contributed by atoms with Crippen LogP contribution in [0.4, 0.5) is 13.2 Å². The molecule has 0 saturated carbocycles. The van der Waals surface area contributed by atoms with Gasteiger partial charge in [0, 0.05) is 10.9 Å². The number of aromatic nitrogens is 2. The Balaban J connectivity index is 2.35. The molecule has 21 heavy (non-hydrogen) atoms. The van der Waals surface area contributed by atoms with Crippen LogP contribution < -0.4 is 0 Å². The van der Waals surface area contributed by atoms with Crippen molar-refractivity contribution in [2.45, 2.75) is 6.18 Å². The van der Waals surface area contributed by atoms with E-state index in [9.17, 15) is 13.2 Å². The molecular weight excluding hydrogens is 297 g/mol. The average Bonchev–Trinajstić information content (AvgIpc) is 2.46. The fourth-order valence-corrected chi connectivity index (χ4v) is 2.40. The van der Waals surface area contributed by atoms with E-state index in [1.54, 1.807) is 24.3 Å². The van der Waals surface area contributed by atoms with Crippen LogP contribution in [-0.4, -0.2) is 9.97 Å². The SMILES string of the molecule is FC(F)(F)c1cccc2c(=S)nc(-c3ccccc3)[nH]c12. The lowest BCUT2D eigenvalue weighted by atomic mass is 10.1. The number of benzene rings is 2. The molecule has 0 amide bonds. The second-order valence-electron chi connectivity index (χ2n) is 4.48. The summed E-state index contributed by atoms with van der Waals surface area (Å²) in [7, 11) is 0. The zero-order valence-corrected chi connectivity index (χ0v) is 11.4. The lowest BCUT2D eigenvalue weighted by Crippen LogP contribution is -2.07. The first-order valence-corrected chi connectivity index (χ1v) is 6.53. The van der Waals surface area contributed by atoms with Gasteiger partial charge in [0.2, 0.25) is 0 Å². The van der Waals surface area contributed by atoms with Gasteiger partial charge in [0.25, 0.3) is 0 Å². The normalized spacial score (nSPS) is 11.8. The van der Waals surface area contributed by atoms with Crippen molar-refractivity contribution < 1.29 is 13.2 Å². The first-order valence-electron chi connectivity index (χ1n) is 6.12. The number of nitrogens with zero attached hydrogens (tertiary/aromatic N) is 1. The van der Waals surface area contributed by atoms with Gasteiger partial charge >= 0.3 is 6.18 Å². The molecule has 6 heteroatoms. The summed E-state index contributed by atoms with van der Waals surface area (Å²) in [5.74, 6) is 0.324. The van der Waals surface area contributed by atoms with Crippen LogP contribution in [0.5, 0.6) is 0 Å². The monoisotopic (exact) mass is 306 g/mol. The molecule has 0 radical (unpaired) electrons. The highest BCUT2D eigenvalue weighted by Gasteiger charge is 2.33. The average molecular weight is 306 g/mol. The summed E-state index contributed by atoms with van der Waals surface area (Å²) in [4.78, 5) is 6.95. The van der Waals surface area contributed by atoms with Crippen molar-refractivity contribution in [3.63, 3.8) is 0 Å². The molecule has 3 rings (SSSR count). The Bertz CT molecular complexity index is 854. The number of alkyl halides is 3. The van der Waals surface area contributed by atoms with Crippen LogP contribution in [0, 0.1) is 4.64 Å². The first-order chi connectivity index (χ1) is 9.97. The molecule has 0 aliphatic rings. The molecule has 0 fully saturated rings. The number of halogens is 3. The number of hydrogen-bond acceptors (Lipinski definition) is 2. The predicted octanol–water partition coefficient (Wildman–Crippen LogP) is 4.98. The van der Waals surface area contributed by atoms with Gasteiger partial charge in [0.05, 0.1) is 11.1 Å². The number of rotatable bonds is 1. The van der Waals surface area contributed by atoms with Gasteiger partial charge in [-0.25, -0.2) is 4.98 Å². The number of para-hydroxylation sites is 1. The van der Waals surface area contributed by atoms with E-state index >= 15 is 0 Å². The minimum atomic E-state index is -4.45. The highest BCUT2D eigenvalue weighted by Crippen LogP contribution is 2.34. The standard InChI is InChI=1S/C15H9F3N2S/c16-15(17,18)11-8-4-7-10-12(11)19-13(20-14(10)21)9-5-2-1-3-6-9/h1-8H,(H,19,20,21). The van der Waals surface area contributed by atoms with Crippen molar-refractivity contribution in [1.82, 2.24) is 9.97 Å². The zero-order valence-electron chi connectivity index (χ0n) is 10.6. The lowest BCUT2D eigenvalue weighted by Gasteiger charge is -2.11. The quantitative estimate of drug-likeness (QED) is 0.642. The third-order valence-electron chi connectivity index (χ3n) is 3.10. The second-order valence-corrected chi connectivity index (χ2v) is 4.87. The molecule has 0 saturated heterocycles. The van der Waals surface area contributed by atoms with E-state index in [4.69, 9.17) is 12.2 Å². The molecule has 0 atom stereocenters. The summed E-state index contributed by atoms with van der Waals surface area (Å²) >= 11 is 5.13. The second kappa shape index (κ2) is 4.96. The summed E-state index contributed by atoms with van der Waals surface area (Å²) in [6, 6.07) is 12.8. The summed E-state index contributed by atoms with van der Waals surface area (Å²) in [5.41, 5.74) is -0.1000. The smallest absolute Gasteiger partial charge is 0.339 e. The minimum Gasteiger partial charge on any atom is -0.339 e. The van der Waals surface area contributed by atoms with E-state index < -0.39 is 11.7 Å². The Morgan fingerprint density at radius 1 is 0.952 bits per heavy atom. The van der Waals surface area contributed by atoms with Gasteiger partial charge in [-0.2, -0.15) is 13.2 Å². The highest BCUT2D eigenvalue weighted by molar-refractivity contribution is 7.71. The summed E-state index contributed by atoms with van der Waals surface area (Å²) < 4.78 is 39.5. The number of fused-ring (bicyclic) bond motifs is 1. The Morgan fingerprint density at radius 2 is 1.67 bits per heavy atom. The maximum absolute atomic E-state index is 13.1. The molecule has 3 aromatic rings. The van der Waals surface area contributed by atoms with Crippen LogP contribution in [0.25, 0.3) is 22.3 Å². The zero-order chi connectivity index (χ0) is 15.0. The van der Waals surface area contributed by atoms with Crippen molar-refractivity contribution in [1.29, 1.82) is 0 Å². The van der Waals surface area contributed by atoms with Crippen molar-refractivity contribution in [3.8, 4) is 11.4 Å². The van der Waals surface area contributed by atoms with Gasteiger partial charge in [-0.3, -0.25) is 0 Å². The molecule has 2 aromatic carbocycles. The third-order valence-corrected chi connectivity index (χ3v) is 3.42. The molecule has 2 nitrogen and oxygen atoms in total. The number of nitrogens with one attached hydrogen (secondary N) is 1. The van der Waals surface area contributed by atoms with Crippen LogP contribution in [0.1, 0.15) is 5.56 Å². The topological polar surface area (TPSA) is 28.7 Å². The van der Waals surface area contributed by atoms with Gasteiger partial charge in [-0.05, 0) is 12.1 Å². The fourth-order valence-electron chi connectivity index (χ4n) is 2.14. The summed E-state index contributed by atoms with van der Waals surface area (Å²) in [5, 5.41) is 0.291. The minimum absolute atomic E-state index is 0.0381. The van der Waals surface area contributed by atoms with E-state index in [1.165, 1.54) is 12.1 Å². The molecule has 0 aliphatic carbocycles. The predicted molar refractivity (Wildman–Crippen MR) is 77.4 cm³/mol. The van der Waals surface area contributed by atoms with E-state index in [0.717, 1.165) is 6.07 Å². The Kier molecular flexibility index (Phi) is 3.25. The number of hydrogen-bond donors (Lipinski definition) is 1.